The highest BCUT2D eigenvalue weighted by molar-refractivity contribution is 9.10. The van der Waals surface area contributed by atoms with Crippen LogP contribution in [0.3, 0.4) is 0 Å². The predicted molar refractivity (Wildman–Crippen MR) is 154 cm³/mol. The van der Waals surface area contributed by atoms with E-state index in [1.807, 2.05) is 61.5 Å². The number of rotatable bonds is 11. The van der Waals surface area contributed by atoms with Crippen LogP contribution in [0.1, 0.15) is 18.1 Å². The van der Waals surface area contributed by atoms with Crippen LogP contribution in [0.2, 0.25) is 0 Å². The van der Waals surface area contributed by atoms with E-state index in [4.69, 9.17) is 0 Å². The minimum Gasteiger partial charge on any atom is -0.355 e. The maximum Gasteiger partial charge on any atom is 0.244 e. The zero-order valence-electron chi connectivity index (χ0n) is 20.6. The molecule has 10 heteroatoms. The number of amides is 2. The highest BCUT2D eigenvalue weighted by Crippen LogP contribution is 2.23. The molecule has 0 heterocycles. The molecule has 0 bridgehead atoms. The number of sulfonamides is 1. The van der Waals surface area contributed by atoms with E-state index in [1.54, 1.807) is 24.3 Å². The van der Waals surface area contributed by atoms with Crippen molar-refractivity contribution in [2.75, 3.05) is 23.7 Å². The maximum atomic E-state index is 13.9. The van der Waals surface area contributed by atoms with Crippen molar-refractivity contribution < 1.29 is 18.0 Å². The second kappa shape index (κ2) is 13.2. The smallest absolute Gasteiger partial charge is 0.244 e. The van der Waals surface area contributed by atoms with Crippen LogP contribution in [0.4, 0.5) is 5.69 Å². The first-order valence-electron chi connectivity index (χ1n) is 11.7. The van der Waals surface area contributed by atoms with Gasteiger partial charge in [0.2, 0.25) is 21.8 Å². The monoisotopic (exact) mass is 649 g/mol. The molecule has 1 N–H and O–H groups in total. The fourth-order valence-corrected chi connectivity index (χ4v) is 5.46. The lowest BCUT2D eigenvalue weighted by Gasteiger charge is -2.33. The van der Waals surface area contributed by atoms with E-state index in [0.29, 0.717) is 12.2 Å². The number of anilines is 1. The molecule has 37 heavy (non-hydrogen) atoms. The van der Waals surface area contributed by atoms with E-state index in [1.165, 1.54) is 4.90 Å². The maximum absolute atomic E-state index is 13.9. The van der Waals surface area contributed by atoms with Crippen LogP contribution in [0.5, 0.6) is 0 Å². The average molecular weight is 651 g/mol. The number of hydrogen-bond donors (Lipinski definition) is 1. The van der Waals surface area contributed by atoms with Crippen LogP contribution in [0, 0.1) is 0 Å². The lowest BCUT2D eigenvalue weighted by atomic mass is 10.0. The van der Waals surface area contributed by atoms with E-state index in [2.05, 4.69) is 37.2 Å². The first kappa shape index (κ1) is 28.9. The van der Waals surface area contributed by atoms with E-state index < -0.39 is 28.5 Å². The van der Waals surface area contributed by atoms with Crippen molar-refractivity contribution in [2.45, 2.75) is 25.9 Å². The van der Waals surface area contributed by atoms with Gasteiger partial charge in [0.15, 0.2) is 0 Å². The molecule has 0 unspecified atom stereocenters. The number of carbonyl (C=O) groups excluding carboxylic acids is 2. The Balaban J connectivity index is 2.03. The van der Waals surface area contributed by atoms with Crippen molar-refractivity contribution in [3.05, 3.63) is 98.9 Å². The number of carbonyl (C=O) groups is 2. The van der Waals surface area contributed by atoms with E-state index in [0.717, 1.165) is 30.6 Å². The molecule has 0 aliphatic rings. The minimum absolute atomic E-state index is 0.130. The molecular weight excluding hydrogens is 622 g/mol. The molecule has 0 aromatic heterocycles. The predicted octanol–water partition coefficient (Wildman–Crippen LogP) is 4.75. The molecule has 3 rings (SSSR count). The summed E-state index contributed by atoms with van der Waals surface area (Å²) in [6, 6.07) is 22.7. The average Bonchev–Trinajstić information content (AvgIpc) is 2.85. The van der Waals surface area contributed by atoms with Crippen molar-refractivity contribution in [2.24, 2.45) is 0 Å². The lowest BCUT2D eigenvalue weighted by molar-refractivity contribution is -0.140. The topological polar surface area (TPSA) is 86.8 Å². The normalized spacial score (nSPS) is 12.0. The van der Waals surface area contributed by atoms with Gasteiger partial charge in [-0.25, -0.2) is 8.42 Å². The third-order valence-corrected chi connectivity index (χ3v) is 7.82. The van der Waals surface area contributed by atoms with Crippen molar-refractivity contribution in [3.8, 4) is 0 Å². The van der Waals surface area contributed by atoms with Crippen molar-refractivity contribution in [1.29, 1.82) is 0 Å². The Bertz CT molecular complexity index is 1320. The Hall–Kier alpha value is -2.69. The Morgan fingerprint density at radius 3 is 2.14 bits per heavy atom. The van der Waals surface area contributed by atoms with Crippen LogP contribution in [0.15, 0.2) is 87.8 Å². The molecule has 3 aromatic rings. The van der Waals surface area contributed by atoms with Gasteiger partial charge < -0.3 is 10.2 Å². The molecule has 0 spiro atoms. The largest absolute Gasteiger partial charge is 0.355 e. The number of benzene rings is 3. The molecule has 3 aromatic carbocycles. The van der Waals surface area contributed by atoms with Gasteiger partial charge in [-0.15, -0.1) is 0 Å². The fourth-order valence-electron chi connectivity index (χ4n) is 3.90. The third kappa shape index (κ3) is 8.41. The summed E-state index contributed by atoms with van der Waals surface area (Å²) in [5.74, 6) is -0.787. The molecule has 1 atom stereocenters. The molecule has 0 aliphatic carbocycles. The SMILES string of the molecule is CCNC(=O)[C@@H](Cc1ccccc1)N(Cc1cccc(Br)c1)C(=O)CN(c1ccc(Br)cc1)S(C)(=O)=O. The Labute approximate surface area is 235 Å². The number of likely N-dealkylation sites (N-methyl/N-ethyl adjacent to an activating group) is 1. The Kier molecular flexibility index (Phi) is 10.3. The van der Waals surface area contributed by atoms with Crippen LogP contribution in [-0.4, -0.2) is 50.5 Å². The standard InChI is InChI=1S/C27H29Br2N3O4S/c1-3-30-27(34)25(17-20-8-5-4-6-9-20)31(18-21-10-7-11-23(29)16-21)26(33)19-32(37(2,35)36)24-14-12-22(28)13-15-24/h4-16,25H,3,17-19H2,1-2H3,(H,30,34)/t25-/m1/s1. The van der Waals surface area contributed by atoms with E-state index in [9.17, 15) is 18.0 Å². The van der Waals surface area contributed by atoms with Gasteiger partial charge >= 0.3 is 0 Å². The fraction of sp³-hybridized carbons (Fsp3) is 0.259. The highest BCUT2D eigenvalue weighted by Gasteiger charge is 2.32. The van der Waals surface area contributed by atoms with Gasteiger partial charge in [-0.2, -0.15) is 0 Å². The molecule has 0 saturated heterocycles. The summed E-state index contributed by atoms with van der Waals surface area (Å²) < 4.78 is 28.1. The summed E-state index contributed by atoms with van der Waals surface area (Å²) in [6.07, 6.45) is 1.34. The summed E-state index contributed by atoms with van der Waals surface area (Å²) in [4.78, 5) is 28.6. The molecule has 0 fully saturated rings. The summed E-state index contributed by atoms with van der Waals surface area (Å²) in [5.41, 5.74) is 2.05. The van der Waals surface area contributed by atoms with E-state index in [-0.39, 0.29) is 18.9 Å². The van der Waals surface area contributed by atoms with E-state index >= 15 is 0 Å². The quantitative estimate of drug-likeness (QED) is 0.325. The lowest BCUT2D eigenvalue weighted by Crippen LogP contribution is -2.53. The Morgan fingerprint density at radius 1 is 0.892 bits per heavy atom. The first-order valence-corrected chi connectivity index (χ1v) is 15.1. The molecule has 0 saturated carbocycles. The van der Waals surface area contributed by atoms with Gasteiger partial charge in [0, 0.05) is 28.5 Å². The van der Waals surface area contributed by atoms with Crippen molar-refractivity contribution in [3.63, 3.8) is 0 Å². The molecule has 2 amide bonds. The van der Waals surface area contributed by atoms with Crippen molar-refractivity contribution >= 4 is 59.4 Å². The minimum atomic E-state index is -3.79. The molecule has 0 radical (unpaired) electrons. The Morgan fingerprint density at radius 2 is 1.54 bits per heavy atom. The summed E-state index contributed by atoms with van der Waals surface area (Å²) >= 11 is 6.81. The molecule has 196 valence electrons. The summed E-state index contributed by atoms with van der Waals surface area (Å²) in [7, 11) is -3.79. The second-order valence-electron chi connectivity index (χ2n) is 8.50. The molecule has 7 nitrogen and oxygen atoms in total. The summed E-state index contributed by atoms with van der Waals surface area (Å²) in [6.45, 7) is 1.90. The highest BCUT2D eigenvalue weighted by atomic mass is 79.9. The number of halogens is 2. The molecule has 0 aliphatic heterocycles. The van der Waals surface area contributed by atoms with Crippen LogP contribution < -0.4 is 9.62 Å². The van der Waals surface area contributed by atoms with Gasteiger partial charge in [0.05, 0.1) is 11.9 Å². The van der Waals surface area contributed by atoms with Gasteiger partial charge in [-0.05, 0) is 54.4 Å². The third-order valence-electron chi connectivity index (χ3n) is 5.66. The van der Waals surface area contributed by atoms with Gasteiger partial charge in [-0.1, -0.05) is 74.3 Å². The van der Waals surface area contributed by atoms with Crippen LogP contribution in [0.25, 0.3) is 0 Å². The van der Waals surface area contributed by atoms with Gasteiger partial charge in [0.1, 0.15) is 12.6 Å². The zero-order valence-corrected chi connectivity index (χ0v) is 24.6. The second-order valence-corrected chi connectivity index (χ2v) is 12.2. The van der Waals surface area contributed by atoms with Crippen molar-refractivity contribution in [1.82, 2.24) is 10.2 Å². The molecular formula is C27H29Br2N3O4S. The number of nitrogens with zero attached hydrogens (tertiary/aromatic N) is 2. The number of nitrogens with one attached hydrogen (secondary N) is 1. The summed E-state index contributed by atoms with van der Waals surface area (Å²) in [5, 5.41) is 2.84. The zero-order chi connectivity index (χ0) is 27.0. The first-order chi connectivity index (χ1) is 17.6. The van der Waals surface area contributed by atoms with Gasteiger partial charge in [-0.3, -0.25) is 13.9 Å². The number of hydrogen-bond acceptors (Lipinski definition) is 4. The van der Waals surface area contributed by atoms with Crippen LogP contribution >= 0.6 is 31.9 Å². The van der Waals surface area contributed by atoms with Gasteiger partial charge in [0.25, 0.3) is 0 Å². The van der Waals surface area contributed by atoms with Crippen LogP contribution in [-0.2, 0) is 32.6 Å².